The zero-order valence-electron chi connectivity index (χ0n) is 23.4. The minimum atomic E-state index is -2.78. The average molecular weight is 541 g/mol. The third-order valence-corrected chi connectivity index (χ3v) is 6.08. The largest absolute Gasteiger partial charge is 0.466 e. The van der Waals surface area contributed by atoms with Crippen LogP contribution in [0, 0.1) is 23.3 Å². The number of nitrogens with one attached hydrogen (secondary N) is 2. The maximum Gasteiger partial charge on any atom is 0.310 e. The fourth-order valence-corrected chi connectivity index (χ4v) is 4.19. The van der Waals surface area contributed by atoms with Crippen molar-refractivity contribution in [1.82, 2.24) is 15.0 Å². The first-order valence-electron chi connectivity index (χ1n) is 13.4. The lowest BCUT2D eigenvalue weighted by Crippen LogP contribution is -2.10. The van der Waals surface area contributed by atoms with E-state index < -0.39 is 54.2 Å². The molecule has 0 spiro atoms. The van der Waals surface area contributed by atoms with Gasteiger partial charge in [-0.15, -0.1) is 0 Å². The van der Waals surface area contributed by atoms with Gasteiger partial charge in [0.2, 0.25) is 0 Å². The topological polar surface area (TPSA) is 80.0 Å². The smallest absolute Gasteiger partial charge is 0.310 e. The Bertz CT molecular complexity index is 1790. The van der Waals surface area contributed by atoms with Gasteiger partial charge in [0.25, 0.3) is 0 Å². The molecule has 2 heterocycles. The van der Waals surface area contributed by atoms with Crippen LogP contribution in [-0.4, -0.2) is 27.5 Å². The number of aromatic nitrogens is 3. The Hall–Kier alpha value is -4.60. The van der Waals surface area contributed by atoms with Gasteiger partial charge in [0.1, 0.15) is 23.2 Å². The molecular formula is C29H23F4N3O3. The van der Waals surface area contributed by atoms with Crippen LogP contribution in [-0.2, 0) is 16.0 Å². The zero-order valence-corrected chi connectivity index (χ0v) is 20.4. The Labute approximate surface area is 224 Å². The number of benzene rings is 3. The van der Waals surface area contributed by atoms with Gasteiger partial charge in [-0.25, -0.2) is 22.5 Å². The summed E-state index contributed by atoms with van der Waals surface area (Å²) in [5.41, 5.74) is -0.295. The molecule has 6 nitrogen and oxygen atoms in total. The number of esters is 1. The molecule has 0 saturated carbocycles. The molecule has 2 aromatic heterocycles. The zero-order chi connectivity index (χ0) is 30.2. The number of aromatic amines is 2. The summed E-state index contributed by atoms with van der Waals surface area (Å²) < 4.78 is 94.5. The van der Waals surface area contributed by atoms with Crippen molar-refractivity contribution in [3.05, 3.63) is 101 Å². The molecule has 0 aliphatic carbocycles. The van der Waals surface area contributed by atoms with Crippen LogP contribution in [0.1, 0.15) is 40.6 Å². The third-order valence-electron chi connectivity index (χ3n) is 6.08. The fraction of sp³-hybridized carbons (Fsp3) is 0.172. The van der Waals surface area contributed by atoms with Crippen LogP contribution in [0.4, 0.5) is 17.6 Å². The summed E-state index contributed by atoms with van der Waals surface area (Å²) >= 11 is 0. The van der Waals surface area contributed by atoms with Crippen molar-refractivity contribution in [3.8, 4) is 22.9 Å². The van der Waals surface area contributed by atoms with Gasteiger partial charge in [-0.1, -0.05) is 25.1 Å². The number of hydrogen-bond acceptors (Lipinski definition) is 4. The summed E-state index contributed by atoms with van der Waals surface area (Å²) in [6, 6.07) is 9.83. The molecule has 0 saturated heterocycles. The number of carbonyl (C=O) groups excluding carboxylic acids is 1. The SMILES string of the molecule is [2H]C([2H])([2H])[C@@H](c1cnc(-c2cc(Oc3c(F)cc4[nH]ccc4c3F)ccc2F)[nH]1)c1cccc(CC(=O)OCC)c1F. The van der Waals surface area contributed by atoms with Gasteiger partial charge in [0.15, 0.2) is 17.4 Å². The Kier molecular flexibility index (Phi) is 6.11. The maximum absolute atomic E-state index is 15.5. The molecule has 0 bridgehead atoms. The molecular weight excluding hydrogens is 514 g/mol. The van der Waals surface area contributed by atoms with E-state index in [1.54, 1.807) is 6.92 Å². The van der Waals surface area contributed by atoms with E-state index in [9.17, 15) is 18.0 Å². The first-order valence-corrected chi connectivity index (χ1v) is 11.9. The van der Waals surface area contributed by atoms with E-state index in [0.717, 1.165) is 24.4 Å². The summed E-state index contributed by atoms with van der Waals surface area (Å²) in [6.07, 6.45) is 2.18. The van der Waals surface area contributed by atoms with Gasteiger partial charge in [-0.2, -0.15) is 0 Å². The lowest BCUT2D eigenvalue weighted by atomic mass is 9.95. The van der Waals surface area contributed by atoms with Crippen molar-refractivity contribution >= 4 is 16.9 Å². The van der Waals surface area contributed by atoms with E-state index in [1.807, 2.05) is 0 Å². The predicted molar refractivity (Wildman–Crippen MR) is 137 cm³/mol. The predicted octanol–water partition coefficient (Wildman–Crippen LogP) is 7.16. The molecule has 0 unspecified atom stereocenters. The van der Waals surface area contributed by atoms with Crippen molar-refractivity contribution in [1.29, 1.82) is 0 Å². The molecule has 0 amide bonds. The van der Waals surface area contributed by atoms with Gasteiger partial charge in [-0.3, -0.25) is 4.79 Å². The van der Waals surface area contributed by atoms with E-state index in [4.69, 9.17) is 13.6 Å². The van der Waals surface area contributed by atoms with Crippen LogP contribution in [0.3, 0.4) is 0 Å². The highest BCUT2D eigenvalue weighted by molar-refractivity contribution is 5.82. The molecule has 0 aliphatic rings. The molecule has 0 fully saturated rings. The highest BCUT2D eigenvalue weighted by Gasteiger charge is 2.21. The van der Waals surface area contributed by atoms with Crippen molar-refractivity contribution in [2.24, 2.45) is 0 Å². The minimum absolute atomic E-state index is 0.0480. The quantitative estimate of drug-likeness (QED) is 0.162. The Morgan fingerprint density at radius 3 is 2.72 bits per heavy atom. The normalized spacial score (nSPS) is 13.5. The van der Waals surface area contributed by atoms with Crippen LogP contribution in [0.5, 0.6) is 11.5 Å². The molecule has 39 heavy (non-hydrogen) atoms. The Morgan fingerprint density at radius 1 is 1.08 bits per heavy atom. The standard InChI is InChI=1S/C29H23F4N3O3/c1-3-38-25(37)11-16-5-4-6-18(26(16)32)15(2)24-14-35-29(36-24)20-12-17(7-8-21(20)30)39-28-22(31)13-23-19(27(28)33)9-10-34-23/h4-10,12-15,34H,3,11H2,1-2H3,(H,35,36)/t15-/m1/s1/i2D3. The van der Waals surface area contributed by atoms with Crippen LogP contribution in [0.25, 0.3) is 22.3 Å². The number of hydrogen-bond donors (Lipinski definition) is 2. The number of rotatable bonds is 8. The van der Waals surface area contributed by atoms with Crippen LogP contribution >= 0.6 is 0 Å². The molecule has 5 aromatic rings. The maximum atomic E-state index is 15.5. The summed E-state index contributed by atoms with van der Waals surface area (Å²) in [7, 11) is 0. The van der Waals surface area contributed by atoms with Crippen molar-refractivity contribution in [2.45, 2.75) is 26.1 Å². The van der Waals surface area contributed by atoms with Gasteiger partial charge in [-0.05, 0) is 42.3 Å². The summed E-state index contributed by atoms with van der Waals surface area (Å²) in [6.45, 7) is -1.07. The molecule has 1 atom stereocenters. The number of fused-ring (bicyclic) bond motifs is 1. The van der Waals surface area contributed by atoms with Crippen molar-refractivity contribution in [2.75, 3.05) is 6.61 Å². The highest BCUT2D eigenvalue weighted by Crippen LogP contribution is 2.35. The molecule has 10 heteroatoms. The molecule has 3 aromatic carbocycles. The Morgan fingerprint density at radius 2 is 1.92 bits per heavy atom. The van der Waals surface area contributed by atoms with Gasteiger partial charge in [0, 0.05) is 39.6 Å². The van der Waals surface area contributed by atoms with Gasteiger partial charge >= 0.3 is 5.97 Å². The average Bonchev–Trinajstić information content (AvgIpc) is 3.59. The molecule has 0 aliphatic heterocycles. The third kappa shape index (κ3) is 5.09. The van der Waals surface area contributed by atoms with E-state index in [1.165, 1.54) is 36.5 Å². The van der Waals surface area contributed by atoms with E-state index in [0.29, 0.717) is 0 Å². The van der Waals surface area contributed by atoms with Gasteiger partial charge in [0.05, 0.1) is 24.1 Å². The van der Waals surface area contributed by atoms with E-state index in [2.05, 4.69) is 15.0 Å². The van der Waals surface area contributed by atoms with Crippen LogP contribution < -0.4 is 4.74 Å². The molecule has 2 N–H and O–H groups in total. The Balaban J connectivity index is 1.49. The second-order valence-corrected chi connectivity index (χ2v) is 8.61. The van der Waals surface area contributed by atoms with E-state index in [-0.39, 0.29) is 51.5 Å². The van der Waals surface area contributed by atoms with Crippen LogP contribution in [0.2, 0.25) is 0 Å². The number of imidazole rings is 1. The first-order chi connectivity index (χ1) is 20.0. The number of nitrogens with zero attached hydrogens (tertiary/aromatic N) is 1. The lowest BCUT2D eigenvalue weighted by molar-refractivity contribution is -0.142. The summed E-state index contributed by atoms with van der Waals surface area (Å²) in [4.78, 5) is 21.5. The summed E-state index contributed by atoms with van der Waals surface area (Å²) in [5.74, 6) is -6.81. The fourth-order valence-electron chi connectivity index (χ4n) is 4.19. The molecule has 5 rings (SSSR count). The van der Waals surface area contributed by atoms with Crippen LogP contribution in [0.15, 0.2) is 60.9 Å². The number of carbonyl (C=O) groups is 1. The minimum Gasteiger partial charge on any atom is -0.466 e. The van der Waals surface area contributed by atoms with Crippen molar-refractivity contribution < 1.29 is 35.9 Å². The molecule has 200 valence electrons. The number of H-pyrrole nitrogens is 2. The number of halogens is 4. The number of ether oxygens (including phenoxy) is 2. The second kappa shape index (κ2) is 10.6. The van der Waals surface area contributed by atoms with Gasteiger partial charge < -0.3 is 19.4 Å². The first kappa shape index (κ1) is 22.4. The molecule has 0 radical (unpaired) electrons. The highest BCUT2D eigenvalue weighted by atomic mass is 19.1. The summed E-state index contributed by atoms with van der Waals surface area (Å²) in [5, 5.41) is 0.0960. The second-order valence-electron chi connectivity index (χ2n) is 8.61. The monoisotopic (exact) mass is 540 g/mol. The van der Waals surface area contributed by atoms with E-state index >= 15 is 4.39 Å². The lowest BCUT2D eigenvalue weighted by Gasteiger charge is -2.14. The van der Waals surface area contributed by atoms with Crippen molar-refractivity contribution in [3.63, 3.8) is 0 Å².